The molecule has 5 nitrogen and oxygen atoms in total. The van der Waals surface area contributed by atoms with Crippen molar-refractivity contribution < 1.29 is 4.74 Å². The Morgan fingerprint density at radius 2 is 2.14 bits per heavy atom. The summed E-state index contributed by atoms with van der Waals surface area (Å²) in [6, 6.07) is 2.45. The van der Waals surface area contributed by atoms with Gasteiger partial charge in [-0.25, -0.2) is 0 Å². The number of hydrogen-bond acceptors (Lipinski definition) is 7. The predicted octanol–water partition coefficient (Wildman–Crippen LogP) is 3.58. The highest BCUT2D eigenvalue weighted by molar-refractivity contribution is 8.00. The number of fused-ring (bicyclic) bond motifs is 2. The first-order valence-electron chi connectivity index (χ1n) is 11.2. The Bertz CT molecular complexity index is 752. The van der Waals surface area contributed by atoms with Crippen LogP contribution >= 0.6 is 23.1 Å². The maximum atomic E-state index is 6.44. The molecule has 4 aliphatic rings. The van der Waals surface area contributed by atoms with Gasteiger partial charge in [0.05, 0.1) is 17.9 Å². The maximum absolute atomic E-state index is 6.44. The van der Waals surface area contributed by atoms with E-state index in [1.807, 2.05) is 11.3 Å². The Morgan fingerprint density at radius 3 is 2.90 bits per heavy atom. The van der Waals surface area contributed by atoms with E-state index in [2.05, 4.69) is 58.5 Å². The third-order valence-electron chi connectivity index (χ3n) is 6.66. The lowest BCUT2D eigenvalue weighted by molar-refractivity contribution is -0.0963. The topological polar surface area (TPSA) is 31.0 Å². The van der Waals surface area contributed by atoms with Crippen LogP contribution in [-0.4, -0.2) is 65.9 Å². The Balaban J connectivity index is 1.16. The lowest BCUT2D eigenvalue weighted by atomic mass is 9.82. The monoisotopic (exact) mass is 434 g/mol. The van der Waals surface area contributed by atoms with E-state index >= 15 is 0 Å². The van der Waals surface area contributed by atoms with Crippen LogP contribution in [0.4, 0.5) is 0 Å². The molecule has 1 aromatic heterocycles. The molecule has 1 saturated heterocycles. The van der Waals surface area contributed by atoms with E-state index in [0.29, 0.717) is 0 Å². The van der Waals surface area contributed by atoms with E-state index in [0.717, 1.165) is 63.7 Å². The van der Waals surface area contributed by atoms with Crippen LogP contribution < -0.4 is 5.43 Å². The summed E-state index contributed by atoms with van der Waals surface area (Å²) in [4.78, 5) is 5.69. The van der Waals surface area contributed by atoms with Crippen LogP contribution in [0.2, 0.25) is 0 Å². The molecule has 0 bridgehead atoms. The largest absolute Gasteiger partial charge is 0.370 e. The first-order valence-corrected chi connectivity index (χ1v) is 13.1. The van der Waals surface area contributed by atoms with Crippen molar-refractivity contribution in [1.82, 2.24) is 20.5 Å². The fraction of sp³-hybridized carbons (Fsp3) is 0.727. The van der Waals surface area contributed by atoms with E-state index in [4.69, 9.17) is 4.74 Å². The third kappa shape index (κ3) is 4.35. The highest BCUT2D eigenvalue weighted by atomic mass is 32.2. The molecule has 4 heterocycles. The van der Waals surface area contributed by atoms with Gasteiger partial charge in [-0.3, -0.25) is 9.91 Å². The average Bonchev–Trinajstić information content (AvgIpc) is 3.33. The normalized spacial score (nSPS) is 24.6. The van der Waals surface area contributed by atoms with Crippen LogP contribution in [-0.2, 0) is 23.2 Å². The van der Waals surface area contributed by atoms with Crippen molar-refractivity contribution >= 4 is 23.1 Å². The number of likely N-dealkylation sites (tertiary alicyclic amines) is 1. The van der Waals surface area contributed by atoms with Gasteiger partial charge in [0.2, 0.25) is 0 Å². The first-order chi connectivity index (χ1) is 14.1. The van der Waals surface area contributed by atoms with Crippen LogP contribution in [0.5, 0.6) is 0 Å². The second-order valence-electron chi connectivity index (χ2n) is 8.79. The van der Waals surface area contributed by atoms with Crippen molar-refractivity contribution in [3.05, 3.63) is 33.3 Å². The molecule has 1 aliphatic carbocycles. The number of nitrogens with zero attached hydrogens (tertiary/aromatic N) is 3. The fourth-order valence-electron chi connectivity index (χ4n) is 4.78. The quantitative estimate of drug-likeness (QED) is 0.706. The molecule has 7 heteroatoms. The smallest absolute Gasteiger partial charge is 0.0966 e. The van der Waals surface area contributed by atoms with Crippen LogP contribution in [0.1, 0.15) is 47.9 Å². The molecule has 1 aromatic rings. The first kappa shape index (κ1) is 20.2. The zero-order valence-electron chi connectivity index (χ0n) is 17.8. The standard InChI is InChI=1S/C22H34N4OS2/c1-3-18-14-20-21(29-18)6-12-27-22(20)7-9-25(10-8-22)15-17-16-26(24(2)23-17)11-13-28-19-4-5-19/h14,16,19,23H,3-13,15H2,1-2H3. The summed E-state index contributed by atoms with van der Waals surface area (Å²) in [6.07, 6.45) is 9.63. The molecule has 5 rings (SSSR count). The Kier molecular flexibility index (Phi) is 5.86. The highest BCUT2D eigenvalue weighted by Gasteiger charge is 2.42. The molecule has 1 N–H and O–H groups in total. The van der Waals surface area contributed by atoms with E-state index in [1.54, 1.807) is 4.88 Å². The van der Waals surface area contributed by atoms with Crippen LogP contribution in [0.25, 0.3) is 0 Å². The molecule has 0 radical (unpaired) electrons. The number of thioether (sulfide) groups is 1. The number of hydrogen-bond donors (Lipinski definition) is 1. The van der Waals surface area contributed by atoms with Crippen LogP contribution in [0, 0.1) is 0 Å². The van der Waals surface area contributed by atoms with E-state index < -0.39 is 0 Å². The van der Waals surface area contributed by atoms with Gasteiger partial charge < -0.3 is 10.2 Å². The molecular weight excluding hydrogens is 400 g/mol. The second-order valence-corrected chi connectivity index (χ2v) is 11.4. The Morgan fingerprint density at radius 1 is 1.31 bits per heavy atom. The van der Waals surface area contributed by atoms with Crippen molar-refractivity contribution in [2.75, 3.05) is 45.6 Å². The summed E-state index contributed by atoms with van der Waals surface area (Å²) in [7, 11) is 2.12. The van der Waals surface area contributed by atoms with Crippen LogP contribution in [0.15, 0.2) is 18.0 Å². The molecule has 1 spiro atoms. The minimum atomic E-state index is -0.0195. The summed E-state index contributed by atoms with van der Waals surface area (Å²) >= 11 is 4.15. The number of thiophene rings is 1. The number of piperidine rings is 1. The van der Waals surface area contributed by atoms with Gasteiger partial charge in [-0.05, 0) is 43.7 Å². The summed E-state index contributed by atoms with van der Waals surface area (Å²) in [5.74, 6) is 1.22. The van der Waals surface area contributed by atoms with Gasteiger partial charge in [0, 0.05) is 66.6 Å². The van der Waals surface area contributed by atoms with Gasteiger partial charge in [0.15, 0.2) is 0 Å². The molecule has 160 valence electrons. The minimum absolute atomic E-state index is 0.0195. The van der Waals surface area contributed by atoms with Crippen molar-refractivity contribution in [3.8, 4) is 0 Å². The van der Waals surface area contributed by atoms with Gasteiger partial charge in [-0.2, -0.15) is 11.8 Å². The zero-order chi connectivity index (χ0) is 19.8. The minimum Gasteiger partial charge on any atom is -0.370 e. The van der Waals surface area contributed by atoms with Gasteiger partial charge in [0.1, 0.15) is 0 Å². The lowest BCUT2D eigenvalue weighted by Gasteiger charge is -2.44. The van der Waals surface area contributed by atoms with E-state index in [9.17, 15) is 0 Å². The van der Waals surface area contributed by atoms with E-state index in [1.165, 1.54) is 34.7 Å². The SMILES string of the molecule is CCc1cc2c(s1)CCOC21CCN(CC2=CN(CCSC3CC3)N(C)N2)CC1. The number of ether oxygens (including phenoxy) is 1. The third-order valence-corrected chi connectivity index (χ3v) is 9.36. The second kappa shape index (κ2) is 8.42. The van der Waals surface area contributed by atoms with Crippen molar-refractivity contribution in [3.63, 3.8) is 0 Å². The molecule has 0 unspecified atom stereocenters. The number of nitrogens with one attached hydrogen (secondary N) is 1. The maximum Gasteiger partial charge on any atom is 0.0966 e. The number of rotatable bonds is 7. The fourth-order valence-corrected chi connectivity index (χ4v) is 7.05. The summed E-state index contributed by atoms with van der Waals surface area (Å²) in [5.41, 5.74) is 6.35. The molecule has 3 aliphatic heterocycles. The zero-order valence-corrected chi connectivity index (χ0v) is 19.4. The van der Waals surface area contributed by atoms with Gasteiger partial charge in [0.25, 0.3) is 0 Å². The highest BCUT2D eigenvalue weighted by Crippen LogP contribution is 2.44. The van der Waals surface area contributed by atoms with Gasteiger partial charge in [-0.15, -0.1) is 16.5 Å². The molecule has 0 atom stereocenters. The summed E-state index contributed by atoms with van der Waals surface area (Å²) in [5, 5.41) is 5.41. The molecule has 1 saturated carbocycles. The Hall–Kier alpha value is -0.730. The van der Waals surface area contributed by atoms with E-state index in [-0.39, 0.29) is 5.60 Å². The lowest BCUT2D eigenvalue weighted by Crippen LogP contribution is -2.47. The van der Waals surface area contributed by atoms with Crippen LogP contribution in [0.3, 0.4) is 0 Å². The molecule has 0 aromatic carbocycles. The molecule has 29 heavy (non-hydrogen) atoms. The molecule has 0 amide bonds. The summed E-state index contributed by atoms with van der Waals surface area (Å²) < 4.78 is 6.44. The van der Waals surface area contributed by atoms with Gasteiger partial charge >= 0.3 is 0 Å². The van der Waals surface area contributed by atoms with Crippen molar-refractivity contribution in [2.45, 2.75) is 56.3 Å². The predicted molar refractivity (Wildman–Crippen MR) is 122 cm³/mol. The number of hydrazine groups is 2. The van der Waals surface area contributed by atoms with Gasteiger partial charge in [-0.1, -0.05) is 6.92 Å². The number of aryl methyl sites for hydroxylation is 1. The van der Waals surface area contributed by atoms with Crippen molar-refractivity contribution in [1.29, 1.82) is 0 Å². The average molecular weight is 435 g/mol. The summed E-state index contributed by atoms with van der Waals surface area (Å²) in [6.45, 7) is 7.46. The van der Waals surface area contributed by atoms with Crippen molar-refractivity contribution in [2.24, 2.45) is 0 Å². The Labute approximate surface area is 183 Å². The molecular formula is C22H34N4OS2. The molecule has 2 fully saturated rings.